The number of halogens is 2. The second-order valence-electron chi connectivity index (χ2n) is 4.48. The Morgan fingerprint density at radius 2 is 1.95 bits per heavy atom. The molecule has 2 rings (SSSR count). The average molecular weight is 374 g/mol. The average Bonchev–Trinajstić information content (AvgIpc) is 2.43. The summed E-state index contributed by atoms with van der Waals surface area (Å²) in [5.74, 6) is -0.673. The molecule has 0 aliphatic rings. The van der Waals surface area contributed by atoms with Gasteiger partial charge in [-0.05, 0) is 42.8 Å². The van der Waals surface area contributed by atoms with E-state index in [-0.39, 0.29) is 10.6 Å². The molecule has 2 aromatic rings. The SMILES string of the molecule is CC(O)c1cccc(S(=O)(=O)Nc2cc(Br)ccc2F)c1. The van der Waals surface area contributed by atoms with Crippen LogP contribution in [0.25, 0.3) is 0 Å². The molecule has 0 amide bonds. The van der Waals surface area contributed by atoms with Crippen LogP contribution in [0.15, 0.2) is 51.8 Å². The van der Waals surface area contributed by atoms with Gasteiger partial charge in [-0.15, -0.1) is 0 Å². The molecule has 21 heavy (non-hydrogen) atoms. The second kappa shape index (κ2) is 6.13. The third kappa shape index (κ3) is 3.81. The summed E-state index contributed by atoms with van der Waals surface area (Å²) in [4.78, 5) is -0.0414. The van der Waals surface area contributed by atoms with Crippen LogP contribution in [0.1, 0.15) is 18.6 Å². The number of aliphatic hydroxyl groups is 1. The third-order valence-corrected chi connectivity index (χ3v) is 4.68. The zero-order valence-corrected chi connectivity index (χ0v) is 13.4. The Labute approximate surface area is 130 Å². The minimum atomic E-state index is -3.93. The molecule has 0 bridgehead atoms. The van der Waals surface area contributed by atoms with E-state index < -0.39 is 21.9 Å². The zero-order chi connectivity index (χ0) is 15.6. The van der Waals surface area contributed by atoms with Gasteiger partial charge in [-0.25, -0.2) is 12.8 Å². The van der Waals surface area contributed by atoms with Gasteiger partial charge < -0.3 is 5.11 Å². The Morgan fingerprint density at radius 1 is 1.24 bits per heavy atom. The summed E-state index contributed by atoms with van der Waals surface area (Å²) in [7, 11) is -3.93. The van der Waals surface area contributed by atoms with Crippen molar-refractivity contribution < 1.29 is 17.9 Å². The fraction of sp³-hybridized carbons (Fsp3) is 0.143. The monoisotopic (exact) mass is 373 g/mol. The molecule has 7 heteroatoms. The summed E-state index contributed by atoms with van der Waals surface area (Å²) >= 11 is 3.16. The van der Waals surface area contributed by atoms with Gasteiger partial charge in [0.15, 0.2) is 0 Å². The smallest absolute Gasteiger partial charge is 0.261 e. The maximum absolute atomic E-state index is 13.6. The van der Waals surface area contributed by atoms with E-state index in [9.17, 15) is 17.9 Å². The van der Waals surface area contributed by atoms with Gasteiger partial charge in [0.05, 0.1) is 16.7 Å². The van der Waals surface area contributed by atoms with Gasteiger partial charge in [0.25, 0.3) is 10.0 Å². The highest BCUT2D eigenvalue weighted by molar-refractivity contribution is 9.10. The number of nitrogens with one attached hydrogen (secondary N) is 1. The van der Waals surface area contributed by atoms with Gasteiger partial charge >= 0.3 is 0 Å². The molecule has 0 spiro atoms. The number of aliphatic hydroxyl groups excluding tert-OH is 1. The van der Waals surface area contributed by atoms with Crippen molar-refractivity contribution >= 4 is 31.6 Å². The number of hydrogen-bond acceptors (Lipinski definition) is 3. The molecule has 0 heterocycles. The molecular weight excluding hydrogens is 361 g/mol. The van der Waals surface area contributed by atoms with E-state index in [0.29, 0.717) is 10.0 Å². The molecule has 112 valence electrons. The normalized spacial score (nSPS) is 13.0. The molecule has 0 aliphatic heterocycles. The predicted octanol–water partition coefficient (Wildman–Crippen LogP) is 3.44. The van der Waals surface area contributed by atoms with Crippen molar-refractivity contribution in [3.8, 4) is 0 Å². The summed E-state index contributed by atoms with van der Waals surface area (Å²) in [5.41, 5.74) is 0.319. The Balaban J connectivity index is 2.38. The predicted molar refractivity (Wildman–Crippen MR) is 82.0 cm³/mol. The highest BCUT2D eigenvalue weighted by atomic mass is 79.9. The maximum atomic E-state index is 13.6. The number of sulfonamides is 1. The van der Waals surface area contributed by atoms with Crippen molar-refractivity contribution in [1.82, 2.24) is 0 Å². The molecular formula is C14H13BrFNO3S. The van der Waals surface area contributed by atoms with Gasteiger partial charge in [0, 0.05) is 4.47 Å². The summed E-state index contributed by atoms with van der Waals surface area (Å²) < 4.78 is 40.9. The Kier molecular flexibility index (Phi) is 4.65. The van der Waals surface area contributed by atoms with Crippen LogP contribution in [0.5, 0.6) is 0 Å². The van der Waals surface area contributed by atoms with Crippen LogP contribution in [-0.2, 0) is 10.0 Å². The highest BCUT2D eigenvalue weighted by Gasteiger charge is 2.17. The molecule has 0 saturated heterocycles. The standard InChI is InChI=1S/C14H13BrFNO3S/c1-9(18)10-3-2-4-12(7-10)21(19,20)17-14-8-11(15)5-6-13(14)16/h2-9,17-18H,1H3. The summed E-state index contributed by atoms with van der Waals surface area (Å²) in [6.07, 6.45) is -0.789. The molecule has 1 unspecified atom stereocenters. The lowest BCUT2D eigenvalue weighted by atomic mass is 10.1. The lowest BCUT2D eigenvalue weighted by molar-refractivity contribution is 0.199. The molecule has 0 radical (unpaired) electrons. The molecule has 0 fully saturated rings. The first-order valence-electron chi connectivity index (χ1n) is 6.05. The molecule has 2 aromatic carbocycles. The van der Waals surface area contributed by atoms with Crippen LogP contribution in [0.3, 0.4) is 0 Å². The van der Waals surface area contributed by atoms with Gasteiger partial charge in [0.1, 0.15) is 5.82 Å². The van der Waals surface area contributed by atoms with E-state index in [1.54, 1.807) is 6.07 Å². The minimum absolute atomic E-state index is 0.0414. The van der Waals surface area contributed by atoms with E-state index in [4.69, 9.17) is 0 Å². The van der Waals surface area contributed by atoms with E-state index >= 15 is 0 Å². The van der Waals surface area contributed by atoms with Crippen LogP contribution < -0.4 is 4.72 Å². The first kappa shape index (κ1) is 15.9. The van der Waals surface area contributed by atoms with Crippen molar-refractivity contribution in [2.24, 2.45) is 0 Å². The van der Waals surface area contributed by atoms with Crippen molar-refractivity contribution in [1.29, 1.82) is 0 Å². The summed E-state index contributed by atoms with van der Waals surface area (Å²) in [6.45, 7) is 1.53. The lowest BCUT2D eigenvalue weighted by Crippen LogP contribution is -2.14. The summed E-state index contributed by atoms with van der Waals surface area (Å²) in [5, 5.41) is 9.50. The maximum Gasteiger partial charge on any atom is 0.261 e. The molecule has 0 saturated carbocycles. The minimum Gasteiger partial charge on any atom is -0.389 e. The number of benzene rings is 2. The van der Waals surface area contributed by atoms with E-state index in [1.807, 2.05) is 0 Å². The van der Waals surface area contributed by atoms with Crippen LogP contribution in [0.2, 0.25) is 0 Å². The quantitative estimate of drug-likeness (QED) is 0.862. The van der Waals surface area contributed by atoms with Gasteiger partial charge in [-0.3, -0.25) is 4.72 Å². The van der Waals surface area contributed by atoms with Crippen LogP contribution in [0, 0.1) is 5.82 Å². The largest absolute Gasteiger partial charge is 0.389 e. The number of hydrogen-bond donors (Lipinski definition) is 2. The molecule has 0 aliphatic carbocycles. The topological polar surface area (TPSA) is 66.4 Å². The van der Waals surface area contributed by atoms with Gasteiger partial charge in [-0.1, -0.05) is 28.1 Å². The van der Waals surface area contributed by atoms with Gasteiger partial charge in [0.2, 0.25) is 0 Å². The second-order valence-corrected chi connectivity index (χ2v) is 7.08. The lowest BCUT2D eigenvalue weighted by Gasteiger charge is -2.11. The van der Waals surface area contributed by atoms with E-state index in [1.165, 1.54) is 37.3 Å². The summed E-state index contributed by atoms with van der Waals surface area (Å²) in [6, 6.07) is 9.84. The fourth-order valence-corrected chi connectivity index (χ4v) is 3.19. The Hall–Kier alpha value is -1.44. The van der Waals surface area contributed by atoms with Crippen LogP contribution >= 0.6 is 15.9 Å². The van der Waals surface area contributed by atoms with E-state index in [0.717, 1.165) is 6.07 Å². The van der Waals surface area contributed by atoms with Crippen molar-refractivity contribution in [3.63, 3.8) is 0 Å². The van der Waals surface area contributed by atoms with Crippen molar-refractivity contribution in [2.75, 3.05) is 4.72 Å². The Bertz CT molecular complexity index is 763. The highest BCUT2D eigenvalue weighted by Crippen LogP contribution is 2.24. The molecule has 4 nitrogen and oxygen atoms in total. The van der Waals surface area contributed by atoms with Crippen molar-refractivity contribution in [2.45, 2.75) is 17.9 Å². The molecule has 2 N–H and O–H groups in total. The third-order valence-electron chi connectivity index (χ3n) is 2.82. The first-order chi connectivity index (χ1) is 9.79. The fourth-order valence-electron chi connectivity index (χ4n) is 1.72. The van der Waals surface area contributed by atoms with Crippen molar-refractivity contribution in [3.05, 3.63) is 58.3 Å². The molecule has 0 aromatic heterocycles. The van der Waals surface area contributed by atoms with E-state index in [2.05, 4.69) is 20.7 Å². The van der Waals surface area contributed by atoms with Crippen LogP contribution in [-0.4, -0.2) is 13.5 Å². The van der Waals surface area contributed by atoms with Crippen LogP contribution in [0.4, 0.5) is 10.1 Å². The molecule has 1 atom stereocenters. The zero-order valence-electron chi connectivity index (χ0n) is 11.0. The number of rotatable bonds is 4. The first-order valence-corrected chi connectivity index (χ1v) is 8.33. The van der Waals surface area contributed by atoms with Gasteiger partial charge in [-0.2, -0.15) is 0 Å². The number of anilines is 1. The Morgan fingerprint density at radius 3 is 2.62 bits per heavy atom.